The summed E-state index contributed by atoms with van der Waals surface area (Å²) in [5.41, 5.74) is 4.10. The van der Waals surface area contributed by atoms with Gasteiger partial charge in [0.05, 0.1) is 13.7 Å². The number of halogens is 2. The average Bonchev–Trinajstić information content (AvgIpc) is 2.27. The Balaban J connectivity index is 3.34. The fraction of sp³-hybridized carbons (Fsp3) is 0.455. The lowest BCUT2D eigenvalue weighted by molar-refractivity contribution is 0.202. The van der Waals surface area contributed by atoms with Gasteiger partial charge in [0.1, 0.15) is 17.4 Å². The molecule has 1 unspecified atom stereocenters. The van der Waals surface area contributed by atoms with E-state index in [1.54, 1.807) is 0 Å². The molecule has 5 heteroatoms. The SMILES string of the molecule is COc1cc(F)c(C(C)(CN)CO)c(F)c1. The molecular formula is C11H15F2NO2. The highest BCUT2D eigenvalue weighted by Gasteiger charge is 2.31. The minimum absolute atomic E-state index is 0.0519. The average molecular weight is 231 g/mol. The number of aliphatic hydroxyl groups is 1. The van der Waals surface area contributed by atoms with Crippen molar-refractivity contribution in [2.45, 2.75) is 12.3 Å². The highest BCUT2D eigenvalue weighted by atomic mass is 19.1. The lowest BCUT2D eigenvalue weighted by Gasteiger charge is -2.27. The van der Waals surface area contributed by atoms with E-state index in [0.29, 0.717) is 0 Å². The summed E-state index contributed by atoms with van der Waals surface area (Å²) >= 11 is 0. The third-order valence-electron chi connectivity index (χ3n) is 2.65. The van der Waals surface area contributed by atoms with Gasteiger partial charge in [0.2, 0.25) is 0 Å². The maximum absolute atomic E-state index is 13.7. The van der Waals surface area contributed by atoms with Crippen molar-refractivity contribution in [3.63, 3.8) is 0 Å². The topological polar surface area (TPSA) is 55.5 Å². The molecule has 0 aromatic heterocycles. The van der Waals surface area contributed by atoms with Gasteiger partial charge in [-0.25, -0.2) is 8.78 Å². The first-order valence-electron chi connectivity index (χ1n) is 4.83. The van der Waals surface area contributed by atoms with Crippen LogP contribution < -0.4 is 10.5 Å². The molecule has 1 aromatic carbocycles. The van der Waals surface area contributed by atoms with E-state index in [-0.39, 0.29) is 17.9 Å². The van der Waals surface area contributed by atoms with Crippen LogP contribution in [0.4, 0.5) is 8.78 Å². The highest BCUT2D eigenvalue weighted by molar-refractivity contribution is 5.35. The second kappa shape index (κ2) is 4.76. The van der Waals surface area contributed by atoms with Gasteiger partial charge in [0.15, 0.2) is 0 Å². The minimum Gasteiger partial charge on any atom is -0.497 e. The quantitative estimate of drug-likeness (QED) is 0.818. The first-order chi connectivity index (χ1) is 7.48. The van der Waals surface area contributed by atoms with Crippen LogP contribution in [0.1, 0.15) is 12.5 Å². The van der Waals surface area contributed by atoms with Crippen LogP contribution in [0.25, 0.3) is 0 Å². The summed E-state index contributed by atoms with van der Waals surface area (Å²) in [6.45, 7) is 1.02. The van der Waals surface area contributed by atoms with Gasteiger partial charge < -0.3 is 15.6 Å². The van der Waals surface area contributed by atoms with Crippen LogP contribution in [0.5, 0.6) is 5.75 Å². The van der Waals surface area contributed by atoms with Crippen LogP contribution in [-0.2, 0) is 5.41 Å². The number of hydrogen-bond donors (Lipinski definition) is 2. The maximum atomic E-state index is 13.7. The van der Waals surface area contributed by atoms with Gasteiger partial charge >= 0.3 is 0 Å². The van der Waals surface area contributed by atoms with E-state index in [9.17, 15) is 8.78 Å². The van der Waals surface area contributed by atoms with Crippen LogP contribution in [0.15, 0.2) is 12.1 Å². The monoisotopic (exact) mass is 231 g/mol. The molecule has 0 fully saturated rings. The van der Waals surface area contributed by atoms with Gasteiger partial charge in [-0.3, -0.25) is 0 Å². The van der Waals surface area contributed by atoms with E-state index in [0.717, 1.165) is 12.1 Å². The molecule has 1 atom stereocenters. The van der Waals surface area contributed by atoms with Crippen molar-refractivity contribution in [2.75, 3.05) is 20.3 Å². The van der Waals surface area contributed by atoms with Crippen LogP contribution in [-0.4, -0.2) is 25.4 Å². The number of aliphatic hydroxyl groups excluding tert-OH is 1. The number of benzene rings is 1. The molecule has 0 saturated carbocycles. The Morgan fingerprint density at radius 2 is 1.88 bits per heavy atom. The molecule has 0 heterocycles. The molecule has 0 saturated heterocycles. The molecule has 3 N–H and O–H groups in total. The molecule has 0 spiro atoms. The molecular weight excluding hydrogens is 216 g/mol. The van der Waals surface area contributed by atoms with Crippen LogP contribution in [0, 0.1) is 11.6 Å². The fourth-order valence-corrected chi connectivity index (χ4v) is 1.49. The smallest absolute Gasteiger partial charge is 0.133 e. The van der Waals surface area contributed by atoms with E-state index in [1.807, 2.05) is 0 Å². The lowest BCUT2D eigenvalue weighted by atomic mass is 9.82. The number of ether oxygens (including phenoxy) is 1. The van der Waals surface area contributed by atoms with E-state index in [1.165, 1.54) is 14.0 Å². The van der Waals surface area contributed by atoms with E-state index in [2.05, 4.69) is 0 Å². The summed E-state index contributed by atoms with van der Waals surface area (Å²) in [5, 5.41) is 9.17. The molecule has 16 heavy (non-hydrogen) atoms. The van der Waals surface area contributed by atoms with Crippen molar-refractivity contribution in [2.24, 2.45) is 5.73 Å². The van der Waals surface area contributed by atoms with Crippen molar-refractivity contribution in [3.05, 3.63) is 29.3 Å². The van der Waals surface area contributed by atoms with Gasteiger partial charge in [0, 0.05) is 29.7 Å². The first kappa shape index (κ1) is 12.9. The summed E-state index contributed by atoms with van der Waals surface area (Å²) in [5.74, 6) is -1.44. The molecule has 0 aliphatic carbocycles. The Hall–Kier alpha value is -1.20. The van der Waals surface area contributed by atoms with Gasteiger partial charge in [-0.05, 0) is 0 Å². The lowest BCUT2D eigenvalue weighted by Crippen LogP contribution is -2.37. The molecule has 0 aliphatic rings. The van der Waals surface area contributed by atoms with E-state index in [4.69, 9.17) is 15.6 Å². The zero-order chi connectivity index (χ0) is 12.3. The Morgan fingerprint density at radius 1 is 1.38 bits per heavy atom. The zero-order valence-corrected chi connectivity index (χ0v) is 9.26. The molecule has 0 amide bonds. The Morgan fingerprint density at radius 3 is 2.19 bits per heavy atom. The van der Waals surface area contributed by atoms with Gasteiger partial charge in [-0.15, -0.1) is 0 Å². The van der Waals surface area contributed by atoms with Crippen LogP contribution in [0.2, 0.25) is 0 Å². The summed E-state index contributed by atoms with van der Waals surface area (Å²) in [7, 11) is 1.32. The number of nitrogens with two attached hydrogens (primary N) is 1. The number of methoxy groups -OCH3 is 1. The number of hydrogen-bond acceptors (Lipinski definition) is 3. The fourth-order valence-electron chi connectivity index (χ4n) is 1.49. The summed E-state index contributed by atoms with van der Waals surface area (Å²) in [4.78, 5) is 0. The zero-order valence-electron chi connectivity index (χ0n) is 9.26. The third-order valence-corrected chi connectivity index (χ3v) is 2.65. The largest absolute Gasteiger partial charge is 0.497 e. The Labute approximate surface area is 92.8 Å². The first-order valence-corrected chi connectivity index (χ1v) is 4.83. The van der Waals surface area contributed by atoms with Gasteiger partial charge in [-0.2, -0.15) is 0 Å². The second-order valence-electron chi connectivity index (χ2n) is 3.89. The third kappa shape index (κ3) is 2.15. The predicted molar refractivity (Wildman–Crippen MR) is 56.4 cm³/mol. The molecule has 1 rings (SSSR count). The van der Waals surface area contributed by atoms with E-state index < -0.39 is 23.7 Å². The standard InChI is InChI=1S/C11H15F2NO2/c1-11(5-14,6-15)10-8(12)3-7(16-2)4-9(10)13/h3-4,15H,5-6,14H2,1-2H3. The summed E-state index contributed by atoms with van der Waals surface area (Å²) in [6.07, 6.45) is 0. The summed E-state index contributed by atoms with van der Waals surface area (Å²) in [6, 6.07) is 2.14. The van der Waals surface area contributed by atoms with Crippen molar-refractivity contribution in [1.82, 2.24) is 0 Å². The summed E-state index contributed by atoms with van der Waals surface area (Å²) < 4.78 is 32.1. The van der Waals surface area contributed by atoms with E-state index >= 15 is 0 Å². The van der Waals surface area contributed by atoms with Crippen LogP contribution >= 0.6 is 0 Å². The van der Waals surface area contributed by atoms with Crippen molar-refractivity contribution in [1.29, 1.82) is 0 Å². The maximum Gasteiger partial charge on any atom is 0.133 e. The van der Waals surface area contributed by atoms with Crippen molar-refractivity contribution < 1.29 is 18.6 Å². The van der Waals surface area contributed by atoms with Crippen molar-refractivity contribution >= 4 is 0 Å². The number of rotatable bonds is 4. The normalized spacial score (nSPS) is 14.6. The molecule has 1 aromatic rings. The molecule has 90 valence electrons. The molecule has 0 aliphatic heterocycles. The minimum atomic E-state index is -1.12. The second-order valence-corrected chi connectivity index (χ2v) is 3.89. The van der Waals surface area contributed by atoms with Gasteiger partial charge in [0.25, 0.3) is 0 Å². The Kier molecular flexibility index (Phi) is 3.83. The molecule has 3 nitrogen and oxygen atoms in total. The molecule has 0 radical (unpaired) electrons. The predicted octanol–water partition coefficient (Wildman–Crippen LogP) is 1.18. The van der Waals surface area contributed by atoms with Gasteiger partial charge in [-0.1, -0.05) is 6.92 Å². The van der Waals surface area contributed by atoms with Crippen molar-refractivity contribution in [3.8, 4) is 5.75 Å². The van der Waals surface area contributed by atoms with Crippen LogP contribution in [0.3, 0.4) is 0 Å². The highest BCUT2D eigenvalue weighted by Crippen LogP contribution is 2.30. The molecule has 0 bridgehead atoms. The Bertz CT molecular complexity index is 355.